The highest BCUT2D eigenvalue weighted by molar-refractivity contribution is 5.72. The molecule has 0 aromatic rings. The molecule has 7 heteroatoms. The van der Waals surface area contributed by atoms with Crippen molar-refractivity contribution in [2.24, 2.45) is 11.8 Å². The van der Waals surface area contributed by atoms with Gasteiger partial charge in [0.25, 0.3) is 0 Å². The van der Waals surface area contributed by atoms with Crippen molar-refractivity contribution >= 4 is 5.97 Å². The summed E-state index contributed by atoms with van der Waals surface area (Å²) >= 11 is 0. The molecule has 1 fully saturated rings. The van der Waals surface area contributed by atoms with E-state index in [1.807, 2.05) is 0 Å². The Morgan fingerprint density at radius 2 is 2.06 bits per heavy atom. The van der Waals surface area contributed by atoms with Crippen LogP contribution in [0.25, 0.3) is 0 Å². The number of carboxylic acids is 1. The lowest BCUT2D eigenvalue weighted by molar-refractivity contribution is -0.183. The van der Waals surface area contributed by atoms with Gasteiger partial charge < -0.3 is 10.2 Å². The van der Waals surface area contributed by atoms with E-state index in [-0.39, 0.29) is 13.1 Å². The van der Waals surface area contributed by atoms with Crippen molar-refractivity contribution < 1.29 is 28.2 Å². The standard InChI is InChI=1S/C9H14F3NO3/c1-5(8(15)16)13-2-6(4-14)7(3-13)9(10,11)12/h5-7,14H,2-4H2,1H3,(H,15,16). The Balaban J connectivity index is 2.74. The van der Waals surface area contributed by atoms with E-state index in [1.54, 1.807) is 0 Å². The molecule has 0 bridgehead atoms. The number of aliphatic hydroxyl groups excluding tert-OH is 1. The number of rotatable bonds is 3. The summed E-state index contributed by atoms with van der Waals surface area (Å²) in [6.07, 6.45) is -4.39. The first kappa shape index (κ1) is 13.2. The van der Waals surface area contributed by atoms with Crippen LogP contribution in [-0.2, 0) is 4.79 Å². The van der Waals surface area contributed by atoms with E-state index < -0.39 is 36.6 Å². The molecule has 0 spiro atoms. The molecule has 4 nitrogen and oxygen atoms in total. The summed E-state index contributed by atoms with van der Waals surface area (Å²) in [7, 11) is 0. The summed E-state index contributed by atoms with van der Waals surface area (Å²) in [5.74, 6) is -3.72. The summed E-state index contributed by atoms with van der Waals surface area (Å²) in [4.78, 5) is 11.9. The largest absolute Gasteiger partial charge is 0.480 e. The molecule has 0 amide bonds. The van der Waals surface area contributed by atoms with Gasteiger partial charge in [-0.05, 0) is 6.92 Å². The molecule has 1 heterocycles. The maximum Gasteiger partial charge on any atom is 0.393 e. The second-order valence-electron chi connectivity index (χ2n) is 4.06. The van der Waals surface area contributed by atoms with E-state index in [4.69, 9.17) is 10.2 Å². The third-order valence-electron chi connectivity index (χ3n) is 3.03. The lowest BCUT2D eigenvalue weighted by atomic mass is 9.97. The summed E-state index contributed by atoms with van der Waals surface area (Å²) in [5.41, 5.74) is 0. The lowest BCUT2D eigenvalue weighted by Crippen LogP contribution is -2.38. The highest BCUT2D eigenvalue weighted by atomic mass is 19.4. The zero-order chi connectivity index (χ0) is 12.5. The Hall–Kier alpha value is -0.820. The summed E-state index contributed by atoms with van der Waals surface area (Å²) in [5, 5.41) is 17.6. The minimum Gasteiger partial charge on any atom is -0.480 e. The molecular formula is C9H14F3NO3. The van der Waals surface area contributed by atoms with Gasteiger partial charge in [-0.25, -0.2) is 0 Å². The van der Waals surface area contributed by atoms with Crippen LogP contribution < -0.4 is 0 Å². The van der Waals surface area contributed by atoms with Crippen LogP contribution in [0.1, 0.15) is 6.92 Å². The highest BCUT2D eigenvalue weighted by Gasteiger charge is 2.50. The molecule has 1 saturated heterocycles. The van der Waals surface area contributed by atoms with E-state index in [2.05, 4.69) is 0 Å². The Labute approximate surface area is 90.7 Å². The Morgan fingerprint density at radius 3 is 2.38 bits per heavy atom. The molecule has 0 radical (unpaired) electrons. The van der Waals surface area contributed by atoms with Gasteiger partial charge in [0, 0.05) is 25.6 Å². The zero-order valence-corrected chi connectivity index (χ0v) is 8.74. The molecule has 0 aliphatic carbocycles. The Bertz CT molecular complexity index is 269. The number of carboxylic acid groups (broad SMARTS) is 1. The van der Waals surface area contributed by atoms with Crippen molar-refractivity contribution in [3.8, 4) is 0 Å². The van der Waals surface area contributed by atoms with Crippen molar-refractivity contribution in [1.29, 1.82) is 0 Å². The first-order chi connectivity index (χ1) is 7.27. The number of nitrogens with zero attached hydrogens (tertiary/aromatic N) is 1. The second kappa shape index (κ2) is 4.58. The van der Waals surface area contributed by atoms with E-state index in [0.717, 1.165) is 0 Å². The van der Waals surface area contributed by atoms with E-state index in [1.165, 1.54) is 11.8 Å². The van der Waals surface area contributed by atoms with Crippen LogP contribution in [0, 0.1) is 11.8 Å². The summed E-state index contributed by atoms with van der Waals surface area (Å²) in [6, 6.07) is -0.957. The highest BCUT2D eigenvalue weighted by Crippen LogP contribution is 2.37. The van der Waals surface area contributed by atoms with E-state index >= 15 is 0 Å². The monoisotopic (exact) mass is 241 g/mol. The molecule has 94 valence electrons. The number of aliphatic carboxylic acids is 1. The summed E-state index contributed by atoms with van der Waals surface area (Å²) < 4.78 is 37.7. The fourth-order valence-electron chi connectivity index (χ4n) is 1.93. The predicted molar refractivity (Wildman–Crippen MR) is 48.8 cm³/mol. The maximum atomic E-state index is 12.6. The number of aliphatic hydroxyl groups is 1. The van der Waals surface area contributed by atoms with Crippen LogP contribution in [0.5, 0.6) is 0 Å². The zero-order valence-electron chi connectivity index (χ0n) is 8.74. The maximum absolute atomic E-state index is 12.6. The normalized spacial score (nSPS) is 29.3. The van der Waals surface area contributed by atoms with Gasteiger partial charge in [0.15, 0.2) is 0 Å². The van der Waals surface area contributed by atoms with Crippen molar-refractivity contribution in [3.63, 3.8) is 0 Å². The second-order valence-corrected chi connectivity index (χ2v) is 4.06. The van der Waals surface area contributed by atoms with Crippen molar-refractivity contribution in [2.45, 2.75) is 19.1 Å². The fourth-order valence-corrected chi connectivity index (χ4v) is 1.93. The minimum absolute atomic E-state index is 0.0336. The average molecular weight is 241 g/mol. The molecule has 1 aliphatic rings. The predicted octanol–water partition coefficient (Wildman–Crippen LogP) is 0.562. The molecular weight excluding hydrogens is 227 g/mol. The number of carbonyl (C=O) groups is 1. The molecule has 1 aliphatic heterocycles. The number of halogens is 3. The van der Waals surface area contributed by atoms with E-state index in [0.29, 0.717) is 0 Å². The summed E-state index contributed by atoms with van der Waals surface area (Å²) in [6.45, 7) is 0.374. The van der Waals surface area contributed by atoms with Crippen LogP contribution in [0.4, 0.5) is 13.2 Å². The van der Waals surface area contributed by atoms with E-state index in [9.17, 15) is 18.0 Å². The van der Waals surface area contributed by atoms with Crippen molar-refractivity contribution in [3.05, 3.63) is 0 Å². The molecule has 3 unspecified atom stereocenters. The van der Waals surface area contributed by atoms with Crippen LogP contribution in [0.15, 0.2) is 0 Å². The topological polar surface area (TPSA) is 60.8 Å². The van der Waals surface area contributed by atoms with Gasteiger partial charge in [-0.1, -0.05) is 0 Å². The first-order valence-corrected chi connectivity index (χ1v) is 4.91. The molecule has 2 N–H and O–H groups in total. The van der Waals surface area contributed by atoms with Gasteiger partial charge in [0.05, 0.1) is 5.92 Å². The molecule has 3 atom stereocenters. The third kappa shape index (κ3) is 2.65. The van der Waals surface area contributed by atoms with Crippen molar-refractivity contribution in [2.75, 3.05) is 19.7 Å². The van der Waals surface area contributed by atoms with Gasteiger partial charge in [0.2, 0.25) is 0 Å². The quantitative estimate of drug-likeness (QED) is 0.758. The van der Waals surface area contributed by atoms with Gasteiger partial charge >= 0.3 is 12.1 Å². The number of alkyl halides is 3. The molecule has 0 saturated carbocycles. The molecule has 1 rings (SSSR count). The van der Waals surface area contributed by atoms with Crippen LogP contribution in [0.2, 0.25) is 0 Å². The van der Waals surface area contributed by atoms with Crippen LogP contribution >= 0.6 is 0 Å². The molecule has 16 heavy (non-hydrogen) atoms. The molecule has 0 aromatic heterocycles. The minimum atomic E-state index is -4.39. The fraction of sp³-hybridized carbons (Fsp3) is 0.889. The van der Waals surface area contributed by atoms with Gasteiger partial charge in [-0.15, -0.1) is 0 Å². The third-order valence-corrected chi connectivity index (χ3v) is 3.03. The molecule has 0 aromatic carbocycles. The van der Waals surface area contributed by atoms with Gasteiger partial charge in [0.1, 0.15) is 6.04 Å². The van der Waals surface area contributed by atoms with Gasteiger partial charge in [-0.3, -0.25) is 9.69 Å². The number of likely N-dealkylation sites (tertiary alicyclic amines) is 1. The smallest absolute Gasteiger partial charge is 0.393 e. The lowest BCUT2D eigenvalue weighted by Gasteiger charge is -2.21. The van der Waals surface area contributed by atoms with Crippen molar-refractivity contribution in [1.82, 2.24) is 4.90 Å². The number of hydrogen-bond donors (Lipinski definition) is 2. The SMILES string of the molecule is CC(C(=O)O)N1CC(CO)C(C(F)(F)F)C1. The number of hydrogen-bond acceptors (Lipinski definition) is 3. The van der Waals surface area contributed by atoms with Crippen LogP contribution in [0.3, 0.4) is 0 Å². The Morgan fingerprint density at radius 1 is 1.50 bits per heavy atom. The van der Waals surface area contributed by atoms with Gasteiger partial charge in [-0.2, -0.15) is 13.2 Å². The first-order valence-electron chi connectivity index (χ1n) is 4.91. The van der Waals surface area contributed by atoms with Crippen LogP contribution in [-0.4, -0.2) is 53.0 Å². The Kier molecular flexibility index (Phi) is 3.80. The average Bonchev–Trinajstić information content (AvgIpc) is 2.59.